The average Bonchev–Trinajstić information content (AvgIpc) is 3.01. The molecule has 3 aromatic carbocycles. The van der Waals surface area contributed by atoms with Gasteiger partial charge in [0.05, 0.1) is 5.92 Å². The summed E-state index contributed by atoms with van der Waals surface area (Å²) in [6.07, 6.45) is 1.76. The summed E-state index contributed by atoms with van der Waals surface area (Å²) in [5.41, 5.74) is 9.84. The van der Waals surface area contributed by atoms with Crippen LogP contribution in [0.4, 0.5) is 10.6 Å². The van der Waals surface area contributed by atoms with Gasteiger partial charge < -0.3 is 26.6 Å². The zero-order chi connectivity index (χ0) is 31.6. The molecular weight excluding hydrogens is 599 g/mol. The number of pyridine rings is 1. The number of urea groups is 1. The second kappa shape index (κ2) is 15.2. The molecule has 1 unspecified atom stereocenters. The lowest BCUT2D eigenvalue weighted by Crippen LogP contribution is -2.49. The highest BCUT2D eigenvalue weighted by Gasteiger charge is 2.28. The van der Waals surface area contributed by atoms with Crippen LogP contribution < -0.4 is 21.7 Å². The minimum Gasteiger partial charge on any atom is -0.384 e. The number of hydrogen-bond donors (Lipinski definition) is 4. The largest absolute Gasteiger partial charge is 0.384 e. The molecular formula is C33H34Cl2N6O3. The number of carbonyl (C=O) groups is 3. The average molecular weight is 634 g/mol. The maximum absolute atomic E-state index is 13.9. The molecule has 4 amide bonds. The van der Waals surface area contributed by atoms with Gasteiger partial charge in [0.25, 0.3) is 0 Å². The molecule has 0 saturated heterocycles. The molecule has 11 heteroatoms. The van der Waals surface area contributed by atoms with E-state index in [1.807, 2.05) is 24.3 Å². The Bertz CT molecular complexity index is 1530. The van der Waals surface area contributed by atoms with Crippen LogP contribution in [0.25, 0.3) is 0 Å². The fourth-order valence-electron chi connectivity index (χ4n) is 4.55. The fraction of sp³-hybridized carbons (Fsp3) is 0.212. The molecule has 0 bridgehead atoms. The van der Waals surface area contributed by atoms with Crippen LogP contribution >= 0.6 is 23.2 Å². The number of rotatable bonds is 11. The minimum absolute atomic E-state index is 0.181. The van der Waals surface area contributed by atoms with E-state index in [2.05, 4.69) is 20.9 Å². The topological polar surface area (TPSA) is 129 Å². The lowest BCUT2D eigenvalue weighted by atomic mass is 9.90. The Labute approximate surface area is 266 Å². The SMILES string of the molecule is CN(C)C(=O)NCc1ccc(CNC(=O)C(Cc2ccnc(N)c2)NC(=O)C(c2ccc(Cl)cc2)c2ccc(Cl)cc2)cc1. The van der Waals surface area contributed by atoms with Crippen molar-refractivity contribution in [1.82, 2.24) is 25.8 Å². The van der Waals surface area contributed by atoms with Crippen molar-refractivity contribution in [3.05, 3.63) is 129 Å². The van der Waals surface area contributed by atoms with Crippen molar-refractivity contribution in [1.29, 1.82) is 0 Å². The Morgan fingerprint density at radius 1 is 0.750 bits per heavy atom. The predicted octanol–water partition coefficient (Wildman–Crippen LogP) is 4.92. The minimum atomic E-state index is -0.910. The van der Waals surface area contributed by atoms with Crippen LogP contribution in [0.5, 0.6) is 0 Å². The molecule has 0 saturated carbocycles. The van der Waals surface area contributed by atoms with Crippen molar-refractivity contribution in [2.75, 3.05) is 19.8 Å². The molecule has 4 aromatic rings. The van der Waals surface area contributed by atoms with Crippen LogP contribution in [-0.4, -0.2) is 47.9 Å². The van der Waals surface area contributed by atoms with Crippen LogP contribution in [0.15, 0.2) is 91.1 Å². The van der Waals surface area contributed by atoms with E-state index in [0.717, 1.165) is 16.7 Å². The standard InChI is InChI=1S/C33H34Cl2N6O3/c1-41(2)33(44)39-20-22-5-3-21(4-6-22)19-38-31(42)28(17-23-15-16-37-29(36)18-23)40-32(43)30(24-7-11-26(34)12-8-24)25-9-13-27(35)14-10-25/h3-16,18,28,30H,17,19-20H2,1-2H3,(H2,36,37)(H,38,42)(H,39,44)(H,40,43). The molecule has 0 aliphatic rings. The summed E-state index contributed by atoms with van der Waals surface area (Å²) in [5, 5.41) is 9.82. The molecule has 0 aliphatic heterocycles. The zero-order valence-corrected chi connectivity index (χ0v) is 25.9. The van der Waals surface area contributed by atoms with Crippen molar-refractivity contribution in [3.8, 4) is 0 Å². The van der Waals surface area contributed by atoms with E-state index in [9.17, 15) is 14.4 Å². The smallest absolute Gasteiger partial charge is 0.317 e. The molecule has 0 aliphatic carbocycles. The van der Waals surface area contributed by atoms with Crippen molar-refractivity contribution in [3.63, 3.8) is 0 Å². The Morgan fingerprint density at radius 2 is 1.27 bits per heavy atom. The normalized spacial score (nSPS) is 11.5. The first-order valence-corrected chi connectivity index (χ1v) is 14.7. The van der Waals surface area contributed by atoms with Gasteiger partial charge in [0.15, 0.2) is 0 Å². The van der Waals surface area contributed by atoms with E-state index in [-0.39, 0.29) is 30.8 Å². The van der Waals surface area contributed by atoms with E-state index in [1.165, 1.54) is 4.90 Å². The molecule has 44 heavy (non-hydrogen) atoms. The summed E-state index contributed by atoms with van der Waals surface area (Å²) < 4.78 is 0. The van der Waals surface area contributed by atoms with Gasteiger partial charge in [-0.3, -0.25) is 9.59 Å². The summed E-state index contributed by atoms with van der Waals surface area (Å²) >= 11 is 12.2. The van der Waals surface area contributed by atoms with E-state index >= 15 is 0 Å². The van der Waals surface area contributed by atoms with Crippen LogP contribution in [0, 0.1) is 0 Å². The number of hydrogen-bond acceptors (Lipinski definition) is 5. The maximum Gasteiger partial charge on any atom is 0.317 e. The molecule has 1 heterocycles. The number of benzene rings is 3. The third kappa shape index (κ3) is 9.20. The third-order valence-electron chi connectivity index (χ3n) is 6.93. The summed E-state index contributed by atoms with van der Waals surface area (Å²) in [5.74, 6) is -1.12. The second-order valence-electron chi connectivity index (χ2n) is 10.5. The molecule has 228 valence electrons. The van der Waals surface area contributed by atoms with Gasteiger partial charge in [-0.1, -0.05) is 71.7 Å². The van der Waals surface area contributed by atoms with Crippen LogP contribution in [0.2, 0.25) is 10.0 Å². The van der Waals surface area contributed by atoms with Crippen molar-refractivity contribution in [2.24, 2.45) is 0 Å². The fourth-order valence-corrected chi connectivity index (χ4v) is 4.80. The molecule has 5 N–H and O–H groups in total. The first-order valence-electron chi connectivity index (χ1n) is 13.9. The molecule has 4 rings (SSSR count). The summed E-state index contributed by atoms with van der Waals surface area (Å²) in [7, 11) is 3.35. The number of amides is 4. The lowest BCUT2D eigenvalue weighted by molar-refractivity contribution is -0.129. The van der Waals surface area contributed by atoms with Gasteiger partial charge >= 0.3 is 6.03 Å². The number of nitrogens with one attached hydrogen (secondary N) is 3. The van der Waals surface area contributed by atoms with E-state index in [4.69, 9.17) is 28.9 Å². The number of nitrogen functional groups attached to an aromatic ring is 1. The molecule has 0 fully saturated rings. The molecule has 9 nitrogen and oxygen atoms in total. The van der Waals surface area contributed by atoms with Crippen LogP contribution in [0.1, 0.15) is 33.7 Å². The van der Waals surface area contributed by atoms with Gasteiger partial charge in [0.2, 0.25) is 11.8 Å². The summed E-state index contributed by atoms with van der Waals surface area (Å²) in [4.78, 5) is 44.8. The first kappa shape index (κ1) is 32.3. The Kier molecular flexibility index (Phi) is 11.2. The van der Waals surface area contributed by atoms with Gasteiger partial charge in [0, 0.05) is 49.8 Å². The molecule has 0 spiro atoms. The quantitative estimate of drug-likeness (QED) is 0.187. The highest BCUT2D eigenvalue weighted by molar-refractivity contribution is 6.30. The number of aromatic nitrogens is 1. The maximum atomic E-state index is 13.9. The number of anilines is 1. The predicted molar refractivity (Wildman–Crippen MR) is 173 cm³/mol. The lowest BCUT2D eigenvalue weighted by Gasteiger charge is -2.23. The van der Waals surface area contributed by atoms with Gasteiger partial charge in [-0.2, -0.15) is 0 Å². The third-order valence-corrected chi connectivity index (χ3v) is 7.43. The molecule has 1 aromatic heterocycles. The van der Waals surface area contributed by atoms with E-state index in [0.29, 0.717) is 33.5 Å². The number of nitrogens with two attached hydrogens (primary N) is 1. The van der Waals surface area contributed by atoms with Crippen molar-refractivity contribution < 1.29 is 14.4 Å². The zero-order valence-electron chi connectivity index (χ0n) is 24.4. The van der Waals surface area contributed by atoms with Crippen molar-refractivity contribution in [2.45, 2.75) is 31.5 Å². The van der Waals surface area contributed by atoms with Gasteiger partial charge in [-0.25, -0.2) is 9.78 Å². The highest BCUT2D eigenvalue weighted by Crippen LogP contribution is 2.28. The Morgan fingerprint density at radius 3 is 1.77 bits per heavy atom. The number of nitrogens with zero attached hydrogens (tertiary/aromatic N) is 2. The van der Waals surface area contributed by atoms with E-state index < -0.39 is 12.0 Å². The number of carbonyl (C=O) groups excluding carboxylic acids is 3. The summed E-state index contributed by atoms with van der Waals surface area (Å²) in [6.45, 7) is 0.626. The van der Waals surface area contributed by atoms with Crippen LogP contribution in [0.3, 0.4) is 0 Å². The van der Waals surface area contributed by atoms with Crippen molar-refractivity contribution >= 4 is 46.9 Å². The second-order valence-corrected chi connectivity index (χ2v) is 11.4. The Balaban J connectivity index is 1.52. The molecule has 1 atom stereocenters. The van der Waals surface area contributed by atoms with Gasteiger partial charge in [0.1, 0.15) is 11.9 Å². The highest BCUT2D eigenvalue weighted by atomic mass is 35.5. The Hall–Kier alpha value is -4.60. The number of halogens is 2. The van der Waals surface area contributed by atoms with Gasteiger partial charge in [-0.15, -0.1) is 0 Å². The van der Waals surface area contributed by atoms with E-state index in [1.54, 1.807) is 81.0 Å². The first-order chi connectivity index (χ1) is 21.1. The van der Waals surface area contributed by atoms with Crippen LogP contribution in [-0.2, 0) is 29.1 Å². The monoisotopic (exact) mass is 632 g/mol. The van der Waals surface area contributed by atoms with Gasteiger partial charge in [-0.05, 0) is 64.2 Å². The molecule has 0 radical (unpaired) electrons. The summed E-state index contributed by atoms with van der Waals surface area (Å²) in [6, 6.07) is 23.9.